The van der Waals surface area contributed by atoms with Crippen LogP contribution in [0, 0.1) is 0 Å². The molecule has 3 rings (SSSR count). The molecule has 2 atom stereocenters. The lowest BCUT2D eigenvalue weighted by atomic mass is 9.96. The lowest BCUT2D eigenvalue weighted by Gasteiger charge is -2.37. The van der Waals surface area contributed by atoms with E-state index in [1.807, 2.05) is 12.3 Å². The van der Waals surface area contributed by atoms with Crippen LogP contribution in [-0.4, -0.2) is 64.3 Å². The Kier molecular flexibility index (Phi) is 7.59. The van der Waals surface area contributed by atoms with Gasteiger partial charge in [0, 0.05) is 37.3 Å². The minimum atomic E-state index is -1.26. The van der Waals surface area contributed by atoms with Gasteiger partial charge in [0.1, 0.15) is 4.60 Å². The van der Waals surface area contributed by atoms with Gasteiger partial charge in [0.05, 0.1) is 11.9 Å². The van der Waals surface area contributed by atoms with Crippen molar-refractivity contribution < 1.29 is 19.8 Å². The molecule has 0 saturated carbocycles. The van der Waals surface area contributed by atoms with Gasteiger partial charge >= 0.3 is 11.9 Å². The zero-order valence-electron chi connectivity index (χ0n) is 14.7. The summed E-state index contributed by atoms with van der Waals surface area (Å²) in [5.41, 5.74) is 1.26. The summed E-state index contributed by atoms with van der Waals surface area (Å²) >= 11 is 3.40. The molecule has 2 aliphatic heterocycles. The van der Waals surface area contributed by atoms with Crippen molar-refractivity contribution in [2.45, 2.75) is 37.8 Å². The van der Waals surface area contributed by atoms with Gasteiger partial charge in [-0.3, -0.25) is 4.90 Å². The Bertz CT molecular complexity index is 634. The van der Waals surface area contributed by atoms with Crippen LogP contribution in [0.1, 0.15) is 25.7 Å². The molecule has 0 amide bonds. The zero-order chi connectivity index (χ0) is 19.1. The molecule has 8 heteroatoms. The Morgan fingerprint density at radius 1 is 1.15 bits per heavy atom. The van der Waals surface area contributed by atoms with Crippen molar-refractivity contribution in [3.8, 4) is 0 Å². The fraction of sp³-hybridized carbons (Fsp3) is 0.500. The second kappa shape index (κ2) is 9.68. The van der Waals surface area contributed by atoms with Gasteiger partial charge < -0.3 is 15.1 Å². The topological polar surface area (TPSA) is 94.0 Å². The molecule has 0 spiro atoms. The quantitative estimate of drug-likeness (QED) is 0.567. The zero-order valence-corrected chi connectivity index (χ0v) is 16.3. The molecule has 2 unspecified atom stereocenters. The van der Waals surface area contributed by atoms with Gasteiger partial charge in [0.15, 0.2) is 0 Å². The number of carbonyl (C=O) groups is 2. The molecule has 2 bridgehead atoms. The molecule has 142 valence electrons. The molecule has 7 nitrogen and oxygen atoms in total. The lowest BCUT2D eigenvalue weighted by molar-refractivity contribution is -0.134. The summed E-state index contributed by atoms with van der Waals surface area (Å²) in [6.07, 6.45) is 8.49. The molecule has 1 aromatic rings. The summed E-state index contributed by atoms with van der Waals surface area (Å²) in [5, 5.41) is 15.6. The van der Waals surface area contributed by atoms with E-state index in [2.05, 4.69) is 43.8 Å². The van der Waals surface area contributed by atoms with E-state index in [0.717, 1.165) is 29.8 Å². The average Bonchev–Trinajstić information content (AvgIpc) is 2.69. The van der Waals surface area contributed by atoms with Crippen LogP contribution >= 0.6 is 15.9 Å². The van der Waals surface area contributed by atoms with Crippen LogP contribution in [-0.2, 0) is 9.59 Å². The largest absolute Gasteiger partial charge is 0.478 e. The van der Waals surface area contributed by atoms with Gasteiger partial charge in [-0.25, -0.2) is 14.6 Å². The number of hydrogen-bond acceptors (Lipinski definition) is 5. The van der Waals surface area contributed by atoms with Crippen LogP contribution in [0.2, 0.25) is 0 Å². The molecular weight excluding hydrogens is 402 g/mol. The Labute approximate surface area is 161 Å². The van der Waals surface area contributed by atoms with E-state index in [9.17, 15) is 9.59 Å². The van der Waals surface area contributed by atoms with Crippen molar-refractivity contribution in [2.24, 2.45) is 0 Å². The van der Waals surface area contributed by atoms with Gasteiger partial charge in [-0.2, -0.15) is 0 Å². The maximum absolute atomic E-state index is 9.55. The van der Waals surface area contributed by atoms with Crippen LogP contribution < -0.4 is 4.90 Å². The van der Waals surface area contributed by atoms with E-state index in [-0.39, 0.29) is 0 Å². The van der Waals surface area contributed by atoms with E-state index in [1.54, 1.807) is 0 Å². The van der Waals surface area contributed by atoms with E-state index in [4.69, 9.17) is 10.2 Å². The van der Waals surface area contributed by atoms with Gasteiger partial charge in [-0.05, 0) is 54.4 Å². The molecule has 3 heterocycles. The highest BCUT2D eigenvalue weighted by atomic mass is 79.9. The van der Waals surface area contributed by atoms with Crippen LogP contribution in [0.3, 0.4) is 0 Å². The second-order valence-electron chi connectivity index (χ2n) is 6.49. The van der Waals surface area contributed by atoms with Crippen LogP contribution in [0.5, 0.6) is 0 Å². The number of anilines is 1. The molecule has 2 fully saturated rings. The number of carboxylic acids is 2. The molecule has 0 aromatic carbocycles. The van der Waals surface area contributed by atoms with Crippen molar-refractivity contribution >= 4 is 33.6 Å². The van der Waals surface area contributed by atoms with E-state index in [0.29, 0.717) is 12.2 Å². The first-order chi connectivity index (χ1) is 12.4. The Morgan fingerprint density at radius 3 is 2.38 bits per heavy atom. The molecule has 26 heavy (non-hydrogen) atoms. The van der Waals surface area contributed by atoms with Gasteiger partial charge in [-0.1, -0.05) is 6.42 Å². The van der Waals surface area contributed by atoms with Gasteiger partial charge in [0.25, 0.3) is 0 Å². The minimum Gasteiger partial charge on any atom is -0.478 e. The first kappa shape index (κ1) is 20.4. The summed E-state index contributed by atoms with van der Waals surface area (Å²) in [4.78, 5) is 28.6. The van der Waals surface area contributed by atoms with Crippen LogP contribution in [0.15, 0.2) is 35.1 Å². The highest BCUT2D eigenvalue weighted by Gasteiger charge is 2.32. The molecule has 0 radical (unpaired) electrons. The number of piperidine rings is 1. The predicted molar refractivity (Wildman–Crippen MR) is 102 cm³/mol. The molecule has 2 N–H and O–H groups in total. The maximum Gasteiger partial charge on any atom is 0.328 e. The number of carboxylic acid groups (broad SMARTS) is 2. The lowest BCUT2D eigenvalue weighted by Crippen LogP contribution is -2.45. The molecular formula is C18H24BrN3O4. The van der Waals surface area contributed by atoms with Crippen molar-refractivity contribution in [1.29, 1.82) is 0 Å². The summed E-state index contributed by atoms with van der Waals surface area (Å²) in [6.45, 7) is 2.31. The fourth-order valence-electron chi connectivity index (χ4n) is 3.45. The third-order valence-corrected chi connectivity index (χ3v) is 5.30. The Balaban J connectivity index is 0.000000260. The minimum absolute atomic E-state index is 0.558. The normalized spacial score (nSPS) is 23.1. The summed E-state index contributed by atoms with van der Waals surface area (Å²) < 4.78 is 0.914. The highest BCUT2D eigenvalue weighted by Crippen LogP contribution is 2.29. The number of nitrogens with zero attached hydrogens (tertiary/aromatic N) is 3. The third kappa shape index (κ3) is 6.10. The molecule has 2 saturated heterocycles. The number of halogens is 1. The molecule has 1 aromatic heterocycles. The number of rotatable bonds is 3. The summed E-state index contributed by atoms with van der Waals surface area (Å²) in [6, 6.07) is 5.72. The van der Waals surface area contributed by atoms with Crippen molar-refractivity contribution in [3.63, 3.8) is 0 Å². The number of likely N-dealkylation sites (N-methyl/N-ethyl adjacent to an activating group) is 1. The maximum atomic E-state index is 9.55. The van der Waals surface area contributed by atoms with Crippen LogP contribution in [0.25, 0.3) is 0 Å². The third-order valence-electron chi connectivity index (χ3n) is 4.84. The summed E-state index contributed by atoms with van der Waals surface area (Å²) in [7, 11) is 2.30. The first-order valence-corrected chi connectivity index (χ1v) is 9.38. The van der Waals surface area contributed by atoms with Crippen molar-refractivity contribution in [2.75, 3.05) is 25.0 Å². The van der Waals surface area contributed by atoms with Gasteiger partial charge in [0.2, 0.25) is 0 Å². The molecule has 2 aliphatic rings. The number of pyridine rings is 1. The van der Waals surface area contributed by atoms with E-state index in [1.165, 1.54) is 31.4 Å². The number of aromatic nitrogens is 1. The van der Waals surface area contributed by atoms with Crippen LogP contribution in [0.4, 0.5) is 5.69 Å². The molecule has 0 aliphatic carbocycles. The fourth-order valence-corrected chi connectivity index (χ4v) is 3.68. The van der Waals surface area contributed by atoms with Crippen molar-refractivity contribution in [1.82, 2.24) is 9.88 Å². The number of hydrogen-bond donors (Lipinski definition) is 2. The van der Waals surface area contributed by atoms with Gasteiger partial charge in [-0.15, -0.1) is 0 Å². The standard InChI is InChI=1S/C14H20BrN3.C4H4O4/c1-17-11-3-2-4-13(17)10-18(8-7-11)12-5-6-14(15)16-9-12;5-3(6)1-2-4(7)8/h5-6,9,11,13H,2-4,7-8,10H2,1H3;1-2H,(H,5,6)(H,7,8)/b;2-1+. The van der Waals surface area contributed by atoms with E-state index >= 15 is 0 Å². The number of aliphatic carboxylic acids is 2. The average molecular weight is 426 g/mol. The number of fused-ring (bicyclic) bond motifs is 2. The Morgan fingerprint density at radius 2 is 1.81 bits per heavy atom. The van der Waals surface area contributed by atoms with E-state index < -0.39 is 11.9 Å². The summed E-state index contributed by atoms with van der Waals surface area (Å²) in [5.74, 6) is -2.51. The second-order valence-corrected chi connectivity index (χ2v) is 7.30. The Hall–Kier alpha value is -1.93. The van der Waals surface area contributed by atoms with Crippen molar-refractivity contribution in [3.05, 3.63) is 35.1 Å². The predicted octanol–water partition coefficient (Wildman–Crippen LogP) is 2.62. The first-order valence-electron chi connectivity index (χ1n) is 8.59. The smallest absolute Gasteiger partial charge is 0.328 e. The monoisotopic (exact) mass is 425 g/mol. The SMILES string of the molecule is CN1C2CCCC1CN(c1ccc(Br)nc1)CC2.O=C(O)/C=C/C(=O)O. The highest BCUT2D eigenvalue weighted by molar-refractivity contribution is 9.10.